The van der Waals surface area contributed by atoms with Crippen LogP contribution in [0.4, 0.5) is 0 Å². The first-order chi connectivity index (χ1) is 9.38. The molecule has 1 aromatic heterocycles. The Balaban J connectivity index is 2.06. The number of aromatic carboxylic acids is 1. The van der Waals surface area contributed by atoms with Gasteiger partial charge in [0.05, 0.1) is 17.9 Å². The van der Waals surface area contributed by atoms with Crippen molar-refractivity contribution < 1.29 is 19.4 Å². The number of carboxylic acid groups (broad SMARTS) is 1. The third kappa shape index (κ3) is 2.96. The molecule has 1 amide bonds. The highest BCUT2D eigenvalue weighted by Gasteiger charge is 2.27. The van der Waals surface area contributed by atoms with Gasteiger partial charge in [0.1, 0.15) is 6.54 Å². The number of morpholine rings is 1. The maximum atomic E-state index is 12.2. The highest BCUT2D eigenvalue weighted by Crippen LogP contribution is 2.12. The first-order valence-electron chi connectivity index (χ1n) is 6.45. The van der Waals surface area contributed by atoms with Crippen molar-refractivity contribution in [2.75, 3.05) is 13.1 Å². The van der Waals surface area contributed by atoms with Crippen molar-refractivity contribution in [1.82, 2.24) is 19.9 Å². The Kier molecular flexibility index (Phi) is 4.03. The van der Waals surface area contributed by atoms with E-state index in [1.807, 2.05) is 13.8 Å². The Morgan fingerprint density at radius 2 is 1.95 bits per heavy atom. The maximum absolute atomic E-state index is 12.2. The van der Waals surface area contributed by atoms with Crippen LogP contribution in [-0.2, 0) is 16.1 Å². The van der Waals surface area contributed by atoms with Crippen LogP contribution in [0.5, 0.6) is 0 Å². The minimum absolute atomic E-state index is 0.00544. The van der Waals surface area contributed by atoms with Crippen molar-refractivity contribution in [2.24, 2.45) is 0 Å². The number of hydrogen-bond acceptors (Lipinski definition) is 5. The molecule has 1 fully saturated rings. The number of amides is 1. The van der Waals surface area contributed by atoms with Crippen LogP contribution in [0.2, 0.25) is 0 Å². The molecule has 0 saturated carbocycles. The van der Waals surface area contributed by atoms with E-state index in [9.17, 15) is 9.59 Å². The number of carboxylic acids is 1. The second-order valence-corrected chi connectivity index (χ2v) is 5.04. The molecule has 110 valence electrons. The molecular weight excluding hydrogens is 264 g/mol. The lowest BCUT2D eigenvalue weighted by Gasteiger charge is -2.35. The summed E-state index contributed by atoms with van der Waals surface area (Å²) in [6, 6.07) is 0. The number of rotatable bonds is 3. The third-order valence-electron chi connectivity index (χ3n) is 3.24. The zero-order valence-corrected chi connectivity index (χ0v) is 11.7. The molecule has 1 aliphatic heterocycles. The summed E-state index contributed by atoms with van der Waals surface area (Å²) in [6.07, 6.45) is -0.0109. The van der Waals surface area contributed by atoms with E-state index in [-0.39, 0.29) is 30.4 Å². The van der Waals surface area contributed by atoms with Crippen LogP contribution in [0.3, 0.4) is 0 Å². The summed E-state index contributed by atoms with van der Waals surface area (Å²) in [5.41, 5.74) is 0.252. The fourth-order valence-electron chi connectivity index (χ4n) is 2.32. The van der Waals surface area contributed by atoms with Crippen LogP contribution in [0.25, 0.3) is 0 Å². The number of nitrogens with zero attached hydrogens (tertiary/aromatic N) is 4. The highest BCUT2D eigenvalue weighted by atomic mass is 16.5. The summed E-state index contributed by atoms with van der Waals surface area (Å²) in [4.78, 5) is 24.8. The van der Waals surface area contributed by atoms with E-state index in [0.717, 1.165) is 0 Å². The molecule has 2 heterocycles. The average Bonchev–Trinajstić information content (AvgIpc) is 2.70. The quantitative estimate of drug-likeness (QED) is 0.832. The summed E-state index contributed by atoms with van der Waals surface area (Å²) < 4.78 is 6.89. The predicted octanol–water partition coefficient (Wildman–Crippen LogP) is -0.0795. The lowest BCUT2D eigenvalue weighted by atomic mass is 10.2. The molecule has 1 saturated heterocycles. The van der Waals surface area contributed by atoms with Crippen LogP contribution in [0.1, 0.15) is 30.0 Å². The van der Waals surface area contributed by atoms with E-state index in [2.05, 4.69) is 10.3 Å². The monoisotopic (exact) mass is 282 g/mol. The van der Waals surface area contributed by atoms with Gasteiger partial charge in [-0.1, -0.05) is 5.21 Å². The van der Waals surface area contributed by atoms with Crippen LogP contribution >= 0.6 is 0 Å². The van der Waals surface area contributed by atoms with Gasteiger partial charge in [-0.2, -0.15) is 0 Å². The summed E-state index contributed by atoms with van der Waals surface area (Å²) in [7, 11) is 0. The van der Waals surface area contributed by atoms with Gasteiger partial charge in [0, 0.05) is 13.1 Å². The van der Waals surface area contributed by atoms with Gasteiger partial charge in [-0.3, -0.25) is 4.79 Å². The molecule has 0 aromatic carbocycles. The summed E-state index contributed by atoms with van der Waals surface area (Å²) in [5, 5.41) is 16.2. The molecule has 2 atom stereocenters. The zero-order chi connectivity index (χ0) is 14.9. The van der Waals surface area contributed by atoms with E-state index in [4.69, 9.17) is 9.84 Å². The van der Waals surface area contributed by atoms with Crippen LogP contribution in [0, 0.1) is 6.92 Å². The van der Waals surface area contributed by atoms with Crippen LogP contribution < -0.4 is 0 Å². The predicted molar refractivity (Wildman–Crippen MR) is 68.3 cm³/mol. The molecule has 0 radical (unpaired) electrons. The largest absolute Gasteiger partial charge is 0.476 e. The average molecular weight is 282 g/mol. The molecule has 20 heavy (non-hydrogen) atoms. The van der Waals surface area contributed by atoms with E-state index in [1.165, 1.54) is 4.68 Å². The van der Waals surface area contributed by atoms with Gasteiger partial charge in [0.25, 0.3) is 0 Å². The standard InChI is InChI=1S/C12H18N4O4/c1-7-4-15(5-8(2)20-7)10(17)6-16-9(3)11(12(18)19)13-14-16/h7-8H,4-6H2,1-3H3,(H,18,19). The van der Waals surface area contributed by atoms with Gasteiger partial charge in [0.2, 0.25) is 5.91 Å². The molecule has 1 N–H and O–H groups in total. The molecule has 0 spiro atoms. The fraction of sp³-hybridized carbons (Fsp3) is 0.667. The van der Waals surface area contributed by atoms with Crippen LogP contribution in [-0.4, -0.2) is 62.2 Å². The highest BCUT2D eigenvalue weighted by molar-refractivity contribution is 5.86. The summed E-state index contributed by atoms with van der Waals surface area (Å²) in [5.74, 6) is -1.26. The van der Waals surface area contributed by atoms with Crippen molar-refractivity contribution >= 4 is 11.9 Å². The number of carbonyl (C=O) groups is 2. The lowest BCUT2D eigenvalue weighted by Crippen LogP contribution is -2.49. The van der Waals surface area contributed by atoms with Gasteiger partial charge in [0.15, 0.2) is 5.69 Å². The van der Waals surface area contributed by atoms with Gasteiger partial charge in [-0.15, -0.1) is 5.10 Å². The Morgan fingerprint density at radius 1 is 1.35 bits per heavy atom. The number of ether oxygens (including phenoxy) is 1. The van der Waals surface area contributed by atoms with E-state index < -0.39 is 5.97 Å². The normalized spacial score (nSPS) is 22.9. The summed E-state index contributed by atoms with van der Waals surface area (Å²) in [6.45, 7) is 6.47. The molecule has 0 bridgehead atoms. The van der Waals surface area contributed by atoms with Gasteiger partial charge < -0.3 is 14.7 Å². The number of aromatic nitrogens is 3. The minimum Gasteiger partial charge on any atom is -0.476 e. The topological polar surface area (TPSA) is 97.5 Å². The van der Waals surface area contributed by atoms with Gasteiger partial charge >= 0.3 is 5.97 Å². The lowest BCUT2D eigenvalue weighted by molar-refractivity contribution is -0.144. The van der Waals surface area contributed by atoms with Crippen LogP contribution in [0.15, 0.2) is 0 Å². The molecule has 8 heteroatoms. The van der Waals surface area contributed by atoms with Crippen molar-refractivity contribution in [3.8, 4) is 0 Å². The van der Waals surface area contributed by atoms with E-state index >= 15 is 0 Å². The Morgan fingerprint density at radius 3 is 2.45 bits per heavy atom. The van der Waals surface area contributed by atoms with Crippen molar-refractivity contribution in [2.45, 2.75) is 39.5 Å². The van der Waals surface area contributed by atoms with E-state index in [0.29, 0.717) is 18.8 Å². The molecule has 8 nitrogen and oxygen atoms in total. The van der Waals surface area contributed by atoms with Crippen molar-refractivity contribution in [3.63, 3.8) is 0 Å². The molecule has 0 aliphatic carbocycles. The third-order valence-corrected chi connectivity index (χ3v) is 3.24. The van der Waals surface area contributed by atoms with E-state index in [1.54, 1.807) is 11.8 Å². The molecule has 1 aromatic rings. The molecule has 1 aliphatic rings. The Bertz CT molecular complexity index is 518. The molecule has 2 rings (SSSR count). The summed E-state index contributed by atoms with van der Waals surface area (Å²) >= 11 is 0. The Hall–Kier alpha value is -1.96. The first kappa shape index (κ1) is 14.4. The Labute approximate surface area is 116 Å². The SMILES string of the molecule is Cc1c(C(=O)O)nnn1CC(=O)N1CC(C)OC(C)C1. The second kappa shape index (κ2) is 5.58. The minimum atomic E-state index is -1.14. The smallest absolute Gasteiger partial charge is 0.358 e. The first-order valence-corrected chi connectivity index (χ1v) is 6.45. The maximum Gasteiger partial charge on any atom is 0.358 e. The van der Waals surface area contributed by atoms with Gasteiger partial charge in [-0.25, -0.2) is 9.48 Å². The number of hydrogen-bond donors (Lipinski definition) is 1. The number of carbonyl (C=O) groups excluding carboxylic acids is 1. The van der Waals surface area contributed by atoms with Crippen molar-refractivity contribution in [1.29, 1.82) is 0 Å². The molecule has 2 unspecified atom stereocenters. The second-order valence-electron chi connectivity index (χ2n) is 5.04. The molecular formula is C12H18N4O4. The fourth-order valence-corrected chi connectivity index (χ4v) is 2.32. The van der Waals surface area contributed by atoms with Gasteiger partial charge in [-0.05, 0) is 20.8 Å². The van der Waals surface area contributed by atoms with Crippen molar-refractivity contribution in [3.05, 3.63) is 11.4 Å². The zero-order valence-electron chi connectivity index (χ0n) is 11.7.